The molecule has 0 bridgehead atoms. The fraction of sp³-hybridized carbons (Fsp3) is 0.900. The van der Waals surface area contributed by atoms with E-state index in [2.05, 4.69) is 19.2 Å². The van der Waals surface area contributed by atoms with Gasteiger partial charge in [-0.15, -0.1) is 0 Å². The van der Waals surface area contributed by atoms with E-state index in [0.29, 0.717) is 0 Å². The molecule has 0 radical (unpaired) electrons. The molecule has 1 saturated carbocycles. The first kappa shape index (κ1) is 10.5. The Morgan fingerprint density at radius 2 is 2.08 bits per heavy atom. The topological polar surface area (TPSA) is 49.3 Å². The highest BCUT2D eigenvalue weighted by Crippen LogP contribution is 2.47. The zero-order valence-corrected chi connectivity index (χ0v) is 8.68. The Bertz CT molecular complexity index is 213. The van der Waals surface area contributed by atoms with Crippen molar-refractivity contribution in [3.05, 3.63) is 0 Å². The lowest BCUT2D eigenvalue weighted by molar-refractivity contribution is -0.139. The SMILES string of the molecule is CNC1(CC(=O)O)CCCC1(C)C. The summed E-state index contributed by atoms with van der Waals surface area (Å²) < 4.78 is 0. The monoisotopic (exact) mass is 185 g/mol. The summed E-state index contributed by atoms with van der Waals surface area (Å²) in [7, 11) is 1.87. The molecule has 0 saturated heterocycles. The molecular formula is C10H19NO2. The first-order chi connectivity index (χ1) is 5.93. The third-order valence-corrected chi connectivity index (χ3v) is 3.63. The van der Waals surface area contributed by atoms with Gasteiger partial charge in [0.25, 0.3) is 0 Å². The van der Waals surface area contributed by atoms with Crippen LogP contribution >= 0.6 is 0 Å². The van der Waals surface area contributed by atoms with Crippen LogP contribution in [-0.4, -0.2) is 23.7 Å². The number of carboxylic acids is 1. The Hall–Kier alpha value is -0.570. The zero-order chi connectivity index (χ0) is 10.1. The second kappa shape index (κ2) is 3.29. The average molecular weight is 185 g/mol. The number of nitrogens with one attached hydrogen (secondary N) is 1. The van der Waals surface area contributed by atoms with E-state index >= 15 is 0 Å². The molecule has 0 amide bonds. The summed E-state index contributed by atoms with van der Waals surface area (Å²) in [5.74, 6) is -0.704. The van der Waals surface area contributed by atoms with Gasteiger partial charge in [0.05, 0.1) is 6.42 Å². The molecule has 3 nitrogen and oxygen atoms in total. The molecule has 0 aromatic carbocycles. The van der Waals surface area contributed by atoms with Crippen molar-refractivity contribution in [2.45, 2.75) is 45.1 Å². The Morgan fingerprint density at radius 1 is 1.46 bits per heavy atom. The molecule has 1 aliphatic carbocycles. The van der Waals surface area contributed by atoms with Crippen molar-refractivity contribution < 1.29 is 9.90 Å². The van der Waals surface area contributed by atoms with Crippen molar-refractivity contribution in [1.29, 1.82) is 0 Å². The van der Waals surface area contributed by atoms with Gasteiger partial charge in [0, 0.05) is 5.54 Å². The molecule has 1 fully saturated rings. The van der Waals surface area contributed by atoms with Crippen LogP contribution in [-0.2, 0) is 4.79 Å². The normalized spacial score (nSPS) is 31.9. The van der Waals surface area contributed by atoms with E-state index in [1.54, 1.807) is 0 Å². The van der Waals surface area contributed by atoms with Crippen LogP contribution in [0.5, 0.6) is 0 Å². The van der Waals surface area contributed by atoms with Gasteiger partial charge in [-0.05, 0) is 25.3 Å². The highest BCUT2D eigenvalue weighted by Gasteiger charge is 2.48. The van der Waals surface area contributed by atoms with Gasteiger partial charge in [-0.25, -0.2) is 0 Å². The molecule has 0 aliphatic heterocycles. The van der Waals surface area contributed by atoms with Crippen LogP contribution in [0, 0.1) is 5.41 Å². The molecule has 13 heavy (non-hydrogen) atoms. The third-order valence-electron chi connectivity index (χ3n) is 3.63. The molecule has 1 atom stereocenters. The summed E-state index contributed by atoms with van der Waals surface area (Å²) in [6.07, 6.45) is 3.45. The number of hydrogen-bond donors (Lipinski definition) is 2. The summed E-state index contributed by atoms with van der Waals surface area (Å²) in [4.78, 5) is 10.8. The van der Waals surface area contributed by atoms with Gasteiger partial charge in [-0.2, -0.15) is 0 Å². The van der Waals surface area contributed by atoms with E-state index in [-0.39, 0.29) is 17.4 Å². The Balaban J connectivity index is 2.85. The number of carboxylic acid groups (broad SMARTS) is 1. The highest BCUT2D eigenvalue weighted by molar-refractivity contribution is 5.68. The van der Waals surface area contributed by atoms with Crippen molar-refractivity contribution in [2.75, 3.05) is 7.05 Å². The minimum atomic E-state index is -0.704. The first-order valence-corrected chi connectivity index (χ1v) is 4.84. The zero-order valence-electron chi connectivity index (χ0n) is 8.68. The molecule has 1 rings (SSSR count). The molecule has 2 N–H and O–H groups in total. The van der Waals surface area contributed by atoms with Crippen molar-refractivity contribution in [3.8, 4) is 0 Å². The molecule has 76 valence electrons. The van der Waals surface area contributed by atoms with Crippen LogP contribution in [0.4, 0.5) is 0 Å². The van der Waals surface area contributed by atoms with Crippen LogP contribution in [0.1, 0.15) is 39.5 Å². The van der Waals surface area contributed by atoms with Crippen LogP contribution in [0.25, 0.3) is 0 Å². The van der Waals surface area contributed by atoms with Crippen molar-refractivity contribution in [2.24, 2.45) is 5.41 Å². The maximum Gasteiger partial charge on any atom is 0.305 e. The van der Waals surface area contributed by atoms with Crippen molar-refractivity contribution in [3.63, 3.8) is 0 Å². The predicted molar refractivity (Wildman–Crippen MR) is 51.7 cm³/mol. The predicted octanol–water partition coefficient (Wildman–Crippen LogP) is 1.63. The molecular weight excluding hydrogens is 166 g/mol. The minimum Gasteiger partial charge on any atom is -0.481 e. The van der Waals surface area contributed by atoms with E-state index in [9.17, 15) is 4.79 Å². The van der Waals surface area contributed by atoms with E-state index in [4.69, 9.17) is 5.11 Å². The van der Waals surface area contributed by atoms with Gasteiger partial charge in [-0.3, -0.25) is 4.79 Å². The van der Waals surface area contributed by atoms with Crippen molar-refractivity contribution in [1.82, 2.24) is 5.32 Å². The summed E-state index contributed by atoms with van der Waals surface area (Å²) in [6.45, 7) is 4.30. The van der Waals surface area contributed by atoms with Gasteiger partial charge >= 0.3 is 5.97 Å². The van der Waals surface area contributed by atoms with Crippen molar-refractivity contribution >= 4 is 5.97 Å². The minimum absolute atomic E-state index is 0.0974. The van der Waals surface area contributed by atoms with E-state index < -0.39 is 5.97 Å². The number of carbonyl (C=O) groups is 1. The molecule has 0 heterocycles. The second-order valence-electron chi connectivity index (χ2n) is 4.64. The quantitative estimate of drug-likeness (QED) is 0.702. The summed E-state index contributed by atoms with van der Waals surface area (Å²) in [6, 6.07) is 0. The largest absolute Gasteiger partial charge is 0.481 e. The van der Waals surface area contributed by atoms with Gasteiger partial charge in [0.2, 0.25) is 0 Å². The molecule has 1 unspecified atom stereocenters. The van der Waals surface area contributed by atoms with E-state index in [1.807, 2.05) is 7.05 Å². The second-order valence-corrected chi connectivity index (χ2v) is 4.64. The van der Waals surface area contributed by atoms with Gasteiger partial charge in [0.1, 0.15) is 0 Å². The van der Waals surface area contributed by atoms with Gasteiger partial charge in [-0.1, -0.05) is 20.3 Å². The summed E-state index contributed by atoms with van der Waals surface area (Å²) in [5.41, 5.74) is -0.0982. The number of rotatable bonds is 3. The lowest BCUT2D eigenvalue weighted by atomic mass is 9.73. The first-order valence-electron chi connectivity index (χ1n) is 4.84. The molecule has 1 aliphatic rings. The van der Waals surface area contributed by atoms with Crippen LogP contribution in [0.2, 0.25) is 0 Å². The third kappa shape index (κ3) is 1.70. The highest BCUT2D eigenvalue weighted by atomic mass is 16.4. The summed E-state index contributed by atoms with van der Waals surface area (Å²) in [5, 5.41) is 12.1. The molecule has 3 heteroatoms. The van der Waals surface area contributed by atoms with Crippen LogP contribution in [0.3, 0.4) is 0 Å². The lowest BCUT2D eigenvalue weighted by Gasteiger charge is -2.40. The van der Waals surface area contributed by atoms with Crippen LogP contribution < -0.4 is 5.32 Å². The van der Waals surface area contributed by atoms with E-state index in [0.717, 1.165) is 19.3 Å². The molecule has 0 aromatic heterocycles. The number of hydrogen-bond acceptors (Lipinski definition) is 2. The molecule has 0 aromatic rings. The van der Waals surface area contributed by atoms with E-state index in [1.165, 1.54) is 0 Å². The Labute approximate surface area is 79.5 Å². The van der Waals surface area contributed by atoms with Gasteiger partial charge < -0.3 is 10.4 Å². The standard InChI is InChI=1S/C10H19NO2/c1-9(2)5-4-6-10(9,11-3)7-8(12)13/h11H,4-7H2,1-3H3,(H,12,13). The smallest absolute Gasteiger partial charge is 0.305 e. The number of aliphatic carboxylic acids is 1. The average Bonchev–Trinajstić information content (AvgIpc) is 2.27. The maximum absolute atomic E-state index is 10.8. The lowest BCUT2D eigenvalue weighted by Crippen LogP contribution is -2.52. The van der Waals surface area contributed by atoms with Gasteiger partial charge in [0.15, 0.2) is 0 Å². The summed E-state index contributed by atoms with van der Waals surface area (Å²) >= 11 is 0. The Morgan fingerprint density at radius 3 is 2.38 bits per heavy atom. The van der Waals surface area contributed by atoms with Crippen LogP contribution in [0.15, 0.2) is 0 Å². The maximum atomic E-state index is 10.8. The fourth-order valence-corrected chi connectivity index (χ4v) is 2.55. The fourth-order valence-electron chi connectivity index (χ4n) is 2.55. The molecule has 0 spiro atoms. The Kier molecular flexibility index (Phi) is 2.66.